The van der Waals surface area contributed by atoms with E-state index >= 15 is 0 Å². The first-order valence-corrected chi connectivity index (χ1v) is 7.25. The Morgan fingerprint density at radius 3 is 2.67 bits per heavy atom. The molecule has 1 aromatic rings. The predicted molar refractivity (Wildman–Crippen MR) is 75.6 cm³/mol. The number of hydrogen-bond donors (Lipinski definition) is 1. The standard InChI is InChI=1S/C16H19NO4/c1-16(14(18)19)9-12-7-8-13(16)17(12)15(20)21-10-11-5-3-2-4-6-11/h2-6,12-13H,7-10H2,1H3,(H,18,19). The van der Waals surface area contributed by atoms with Crippen molar-refractivity contribution in [2.75, 3.05) is 0 Å². The van der Waals surface area contributed by atoms with Crippen molar-refractivity contribution in [2.24, 2.45) is 5.41 Å². The second-order valence-corrected chi connectivity index (χ2v) is 6.12. The zero-order valence-electron chi connectivity index (χ0n) is 12.0. The largest absolute Gasteiger partial charge is 0.481 e. The topological polar surface area (TPSA) is 66.8 Å². The zero-order chi connectivity index (χ0) is 15.0. The van der Waals surface area contributed by atoms with Gasteiger partial charge in [0.25, 0.3) is 0 Å². The molecular weight excluding hydrogens is 270 g/mol. The van der Waals surface area contributed by atoms with E-state index in [2.05, 4.69) is 0 Å². The van der Waals surface area contributed by atoms with Gasteiger partial charge in [-0.1, -0.05) is 30.3 Å². The van der Waals surface area contributed by atoms with Crippen molar-refractivity contribution in [1.29, 1.82) is 0 Å². The maximum Gasteiger partial charge on any atom is 0.410 e. The van der Waals surface area contributed by atoms with Crippen molar-refractivity contribution in [1.82, 2.24) is 4.90 Å². The van der Waals surface area contributed by atoms with Gasteiger partial charge in [0.2, 0.25) is 0 Å². The first-order valence-electron chi connectivity index (χ1n) is 7.25. The van der Waals surface area contributed by atoms with Crippen molar-refractivity contribution in [3.8, 4) is 0 Å². The second-order valence-electron chi connectivity index (χ2n) is 6.12. The van der Waals surface area contributed by atoms with Gasteiger partial charge in [0.1, 0.15) is 6.61 Å². The summed E-state index contributed by atoms with van der Waals surface area (Å²) in [5, 5.41) is 9.42. The van der Waals surface area contributed by atoms with E-state index in [0.29, 0.717) is 6.42 Å². The SMILES string of the molecule is CC1(C(=O)O)CC2CCC1N2C(=O)OCc1ccccc1. The Morgan fingerprint density at radius 2 is 2.05 bits per heavy atom. The normalized spacial score (nSPS) is 30.4. The molecule has 2 fully saturated rings. The first kappa shape index (κ1) is 13.9. The van der Waals surface area contributed by atoms with Gasteiger partial charge >= 0.3 is 12.1 Å². The number of fused-ring (bicyclic) bond motifs is 2. The predicted octanol–water partition coefficient (Wildman–Crippen LogP) is 2.65. The van der Waals surface area contributed by atoms with Crippen LogP contribution in [0.1, 0.15) is 31.7 Å². The number of carboxylic acids is 1. The monoisotopic (exact) mass is 289 g/mol. The first-order chi connectivity index (χ1) is 10.0. The number of carbonyl (C=O) groups excluding carboxylic acids is 1. The molecule has 0 saturated carbocycles. The van der Waals surface area contributed by atoms with Crippen molar-refractivity contribution >= 4 is 12.1 Å². The maximum absolute atomic E-state index is 12.3. The lowest BCUT2D eigenvalue weighted by molar-refractivity contribution is -0.149. The Morgan fingerprint density at radius 1 is 1.33 bits per heavy atom. The fourth-order valence-corrected chi connectivity index (χ4v) is 3.63. The van der Waals surface area contributed by atoms with E-state index in [4.69, 9.17) is 4.74 Å². The fourth-order valence-electron chi connectivity index (χ4n) is 3.63. The third kappa shape index (κ3) is 2.26. The van der Waals surface area contributed by atoms with Crippen molar-refractivity contribution in [3.63, 3.8) is 0 Å². The third-order valence-electron chi connectivity index (χ3n) is 4.80. The van der Waals surface area contributed by atoms with Crippen LogP contribution < -0.4 is 0 Å². The second kappa shape index (κ2) is 5.06. The molecule has 2 aliphatic heterocycles. The minimum absolute atomic E-state index is 0.000580. The van der Waals surface area contributed by atoms with E-state index in [1.165, 1.54) is 0 Å². The van der Waals surface area contributed by atoms with Gasteiger partial charge in [0.15, 0.2) is 0 Å². The molecule has 3 atom stereocenters. The molecule has 2 bridgehead atoms. The molecule has 3 rings (SSSR count). The molecule has 112 valence electrons. The minimum atomic E-state index is -0.839. The Bertz CT molecular complexity index is 559. The lowest BCUT2D eigenvalue weighted by atomic mass is 9.75. The third-order valence-corrected chi connectivity index (χ3v) is 4.80. The molecule has 1 amide bonds. The molecule has 0 spiro atoms. The summed E-state index contributed by atoms with van der Waals surface area (Å²) in [5.41, 5.74) is 0.0905. The van der Waals surface area contributed by atoms with Crippen LogP contribution in [-0.4, -0.2) is 34.2 Å². The van der Waals surface area contributed by atoms with Crippen LogP contribution in [0.15, 0.2) is 30.3 Å². The Labute approximate surface area is 123 Å². The molecule has 5 nitrogen and oxygen atoms in total. The van der Waals surface area contributed by atoms with Gasteiger partial charge in [-0.2, -0.15) is 0 Å². The van der Waals surface area contributed by atoms with Gasteiger partial charge in [-0.3, -0.25) is 4.79 Å². The highest BCUT2D eigenvalue weighted by atomic mass is 16.6. The van der Waals surface area contributed by atoms with Crippen LogP contribution in [0.25, 0.3) is 0 Å². The van der Waals surface area contributed by atoms with Crippen LogP contribution in [0.3, 0.4) is 0 Å². The average molecular weight is 289 g/mol. The van der Waals surface area contributed by atoms with E-state index in [9.17, 15) is 14.7 Å². The number of ether oxygens (including phenoxy) is 1. The number of nitrogens with zero attached hydrogens (tertiary/aromatic N) is 1. The Hall–Kier alpha value is -2.04. The number of benzene rings is 1. The number of aliphatic carboxylic acids is 1. The summed E-state index contributed by atoms with van der Waals surface area (Å²) < 4.78 is 5.36. The van der Waals surface area contributed by atoms with Crippen LogP contribution in [0.5, 0.6) is 0 Å². The van der Waals surface area contributed by atoms with E-state index in [-0.39, 0.29) is 18.7 Å². The summed E-state index contributed by atoms with van der Waals surface area (Å²) >= 11 is 0. The summed E-state index contributed by atoms with van der Waals surface area (Å²) in [6.07, 6.45) is 1.74. The lowest BCUT2D eigenvalue weighted by Gasteiger charge is -2.29. The average Bonchev–Trinajstić information content (AvgIpc) is 3.01. The van der Waals surface area contributed by atoms with Crippen LogP contribution >= 0.6 is 0 Å². The molecule has 5 heteroatoms. The smallest absolute Gasteiger partial charge is 0.410 e. The highest BCUT2D eigenvalue weighted by molar-refractivity contribution is 5.79. The van der Waals surface area contributed by atoms with Crippen LogP contribution in [0.2, 0.25) is 0 Å². The number of amides is 1. The van der Waals surface area contributed by atoms with Crippen LogP contribution in [-0.2, 0) is 16.1 Å². The highest BCUT2D eigenvalue weighted by Crippen LogP contribution is 2.50. The van der Waals surface area contributed by atoms with Gasteiger partial charge in [0, 0.05) is 6.04 Å². The molecule has 2 aliphatic rings. The molecule has 0 aromatic heterocycles. The van der Waals surface area contributed by atoms with E-state index < -0.39 is 17.5 Å². The molecule has 2 heterocycles. The van der Waals surface area contributed by atoms with Crippen LogP contribution in [0, 0.1) is 5.41 Å². The number of carbonyl (C=O) groups is 2. The molecule has 1 N–H and O–H groups in total. The molecular formula is C16H19NO4. The number of carboxylic acid groups (broad SMARTS) is 1. The fraction of sp³-hybridized carbons (Fsp3) is 0.500. The Balaban J connectivity index is 1.67. The van der Waals surface area contributed by atoms with Gasteiger partial charge in [-0.05, 0) is 31.7 Å². The quantitative estimate of drug-likeness (QED) is 0.929. The van der Waals surface area contributed by atoms with E-state index in [1.807, 2.05) is 30.3 Å². The molecule has 21 heavy (non-hydrogen) atoms. The summed E-state index contributed by atoms with van der Waals surface area (Å²) in [5.74, 6) is -0.824. The van der Waals surface area contributed by atoms with E-state index in [0.717, 1.165) is 18.4 Å². The van der Waals surface area contributed by atoms with Crippen molar-refractivity contribution in [3.05, 3.63) is 35.9 Å². The minimum Gasteiger partial charge on any atom is -0.481 e. The maximum atomic E-state index is 12.3. The lowest BCUT2D eigenvalue weighted by Crippen LogP contribution is -2.43. The summed E-state index contributed by atoms with van der Waals surface area (Å²) in [6, 6.07) is 9.24. The molecule has 2 saturated heterocycles. The van der Waals surface area contributed by atoms with Gasteiger partial charge in [0.05, 0.1) is 11.5 Å². The van der Waals surface area contributed by atoms with Crippen LogP contribution in [0.4, 0.5) is 4.79 Å². The number of hydrogen-bond acceptors (Lipinski definition) is 3. The highest BCUT2D eigenvalue weighted by Gasteiger charge is 2.59. The molecule has 3 unspecified atom stereocenters. The molecule has 0 radical (unpaired) electrons. The number of rotatable bonds is 3. The Kier molecular flexibility index (Phi) is 3.35. The summed E-state index contributed by atoms with van der Waals surface area (Å²) in [6.45, 7) is 1.95. The van der Waals surface area contributed by atoms with Gasteiger partial charge in [-0.25, -0.2) is 4.79 Å². The van der Waals surface area contributed by atoms with E-state index in [1.54, 1.807) is 11.8 Å². The summed E-state index contributed by atoms with van der Waals surface area (Å²) in [4.78, 5) is 25.4. The summed E-state index contributed by atoms with van der Waals surface area (Å²) in [7, 11) is 0. The van der Waals surface area contributed by atoms with Gasteiger partial charge < -0.3 is 14.7 Å². The van der Waals surface area contributed by atoms with Crippen molar-refractivity contribution < 1.29 is 19.4 Å². The molecule has 1 aromatic carbocycles. The van der Waals surface area contributed by atoms with Gasteiger partial charge in [-0.15, -0.1) is 0 Å². The molecule has 0 aliphatic carbocycles. The van der Waals surface area contributed by atoms with Crippen molar-refractivity contribution in [2.45, 2.75) is 44.9 Å². The zero-order valence-corrected chi connectivity index (χ0v) is 12.0.